The molecule has 2 N–H and O–H groups in total. The molecule has 1 aromatic carbocycles. The Morgan fingerprint density at radius 3 is 2.82 bits per heavy atom. The van der Waals surface area contributed by atoms with Crippen LogP contribution >= 0.6 is 0 Å². The number of benzene rings is 1. The first-order chi connectivity index (χ1) is 8.11. The lowest BCUT2D eigenvalue weighted by Crippen LogP contribution is -2.40. The summed E-state index contributed by atoms with van der Waals surface area (Å²) in [6, 6.07) is 5.46. The predicted octanol–water partition coefficient (Wildman–Crippen LogP) is 2.91. The van der Waals surface area contributed by atoms with Crippen LogP contribution in [0.25, 0.3) is 0 Å². The van der Waals surface area contributed by atoms with Crippen LogP contribution < -0.4 is 10.6 Å². The summed E-state index contributed by atoms with van der Waals surface area (Å²) >= 11 is 0. The van der Waals surface area contributed by atoms with E-state index in [0.717, 1.165) is 23.7 Å². The zero-order valence-corrected chi connectivity index (χ0v) is 10.6. The molecule has 0 bridgehead atoms. The predicted molar refractivity (Wildman–Crippen MR) is 69.5 cm³/mol. The third kappa shape index (κ3) is 2.60. The summed E-state index contributed by atoms with van der Waals surface area (Å²) in [5.74, 6) is 0.579. The molecule has 0 aromatic heterocycles. The van der Waals surface area contributed by atoms with Crippen molar-refractivity contribution in [3.63, 3.8) is 0 Å². The van der Waals surface area contributed by atoms with E-state index in [1.807, 2.05) is 6.07 Å². The smallest absolute Gasteiger partial charge is 0.123 e. The number of anilines is 1. The van der Waals surface area contributed by atoms with Crippen molar-refractivity contribution in [2.45, 2.75) is 39.3 Å². The van der Waals surface area contributed by atoms with Crippen LogP contribution in [-0.2, 0) is 6.54 Å². The van der Waals surface area contributed by atoms with Crippen LogP contribution in [0.2, 0.25) is 0 Å². The highest BCUT2D eigenvalue weighted by Crippen LogP contribution is 2.30. The van der Waals surface area contributed by atoms with Gasteiger partial charge in [0.15, 0.2) is 0 Å². The van der Waals surface area contributed by atoms with Gasteiger partial charge in [-0.3, -0.25) is 0 Å². The Morgan fingerprint density at radius 1 is 1.41 bits per heavy atom. The Balaban J connectivity index is 2.27. The van der Waals surface area contributed by atoms with Gasteiger partial charge in [0.2, 0.25) is 0 Å². The molecule has 2 unspecified atom stereocenters. The van der Waals surface area contributed by atoms with Gasteiger partial charge < -0.3 is 10.6 Å². The third-order valence-corrected chi connectivity index (χ3v) is 3.71. The summed E-state index contributed by atoms with van der Waals surface area (Å²) in [4.78, 5) is 2.36. The second-order valence-electron chi connectivity index (χ2n) is 5.15. The maximum absolute atomic E-state index is 13.2. The third-order valence-electron chi connectivity index (χ3n) is 3.71. The van der Waals surface area contributed by atoms with E-state index in [2.05, 4.69) is 18.7 Å². The monoisotopic (exact) mass is 236 g/mol. The minimum absolute atomic E-state index is 0.202. The van der Waals surface area contributed by atoms with E-state index in [9.17, 15) is 4.39 Å². The van der Waals surface area contributed by atoms with Gasteiger partial charge in [-0.15, -0.1) is 0 Å². The van der Waals surface area contributed by atoms with Gasteiger partial charge in [0.25, 0.3) is 0 Å². The first-order valence-corrected chi connectivity index (χ1v) is 6.37. The molecule has 94 valence electrons. The Morgan fingerprint density at radius 2 is 2.18 bits per heavy atom. The van der Waals surface area contributed by atoms with E-state index >= 15 is 0 Å². The fraction of sp³-hybridized carbons (Fsp3) is 0.571. The summed E-state index contributed by atoms with van der Waals surface area (Å²) in [6.07, 6.45) is 2.40. The van der Waals surface area contributed by atoms with Crippen molar-refractivity contribution in [2.75, 3.05) is 11.4 Å². The van der Waals surface area contributed by atoms with E-state index in [1.54, 1.807) is 6.07 Å². The quantitative estimate of drug-likeness (QED) is 0.855. The molecule has 1 aliphatic rings. The molecule has 1 fully saturated rings. The second kappa shape index (κ2) is 5.05. The molecule has 2 rings (SSSR count). The van der Waals surface area contributed by atoms with Crippen molar-refractivity contribution in [3.05, 3.63) is 29.6 Å². The highest BCUT2D eigenvalue weighted by molar-refractivity contribution is 5.55. The van der Waals surface area contributed by atoms with Crippen LogP contribution in [0.1, 0.15) is 32.3 Å². The highest BCUT2D eigenvalue weighted by atomic mass is 19.1. The summed E-state index contributed by atoms with van der Waals surface area (Å²) in [7, 11) is 0. The first-order valence-electron chi connectivity index (χ1n) is 6.37. The molecule has 2 atom stereocenters. The number of nitrogens with zero attached hydrogens (tertiary/aromatic N) is 1. The van der Waals surface area contributed by atoms with Gasteiger partial charge in [-0.1, -0.05) is 6.92 Å². The van der Waals surface area contributed by atoms with Crippen LogP contribution in [0.15, 0.2) is 18.2 Å². The summed E-state index contributed by atoms with van der Waals surface area (Å²) in [6.45, 7) is 5.97. The molecule has 0 aliphatic carbocycles. The molecule has 1 heterocycles. The molecular formula is C14H21FN2. The molecule has 1 saturated heterocycles. The van der Waals surface area contributed by atoms with Gasteiger partial charge in [-0.05, 0) is 49.4 Å². The molecule has 0 spiro atoms. The van der Waals surface area contributed by atoms with Gasteiger partial charge in [0, 0.05) is 24.8 Å². The number of piperidine rings is 1. The Kier molecular flexibility index (Phi) is 3.67. The van der Waals surface area contributed by atoms with Gasteiger partial charge in [-0.2, -0.15) is 0 Å². The van der Waals surface area contributed by atoms with E-state index < -0.39 is 0 Å². The van der Waals surface area contributed by atoms with Crippen molar-refractivity contribution in [1.82, 2.24) is 0 Å². The molecule has 1 aromatic rings. The van der Waals surface area contributed by atoms with Gasteiger partial charge in [-0.25, -0.2) is 4.39 Å². The summed E-state index contributed by atoms with van der Waals surface area (Å²) in [5, 5.41) is 0. The zero-order valence-electron chi connectivity index (χ0n) is 10.6. The Bertz CT molecular complexity index is 392. The average Bonchev–Trinajstić information content (AvgIpc) is 2.30. The number of nitrogens with two attached hydrogens (primary N) is 1. The Hall–Kier alpha value is -1.09. The van der Waals surface area contributed by atoms with Crippen molar-refractivity contribution in [3.8, 4) is 0 Å². The molecule has 2 nitrogen and oxygen atoms in total. The fourth-order valence-corrected chi connectivity index (χ4v) is 2.76. The number of rotatable bonds is 2. The van der Waals surface area contributed by atoms with Crippen LogP contribution in [0, 0.1) is 11.7 Å². The van der Waals surface area contributed by atoms with Crippen molar-refractivity contribution in [1.29, 1.82) is 0 Å². The van der Waals surface area contributed by atoms with Crippen molar-refractivity contribution < 1.29 is 4.39 Å². The van der Waals surface area contributed by atoms with E-state index in [0.29, 0.717) is 12.6 Å². The summed E-state index contributed by atoms with van der Waals surface area (Å²) < 4.78 is 13.2. The van der Waals surface area contributed by atoms with Crippen LogP contribution in [0.5, 0.6) is 0 Å². The summed E-state index contributed by atoms with van der Waals surface area (Å²) in [5.41, 5.74) is 7.72. The minimum Gasteiger partial charge on any atom is -0.369 e. The first kappa shape index (κ1) is 12.4. The SMILES string of the molecule is CC1CCN(c2ccc(F)cc2CN)C(C)C1. The molecular weight excluding hydrogens is 215 g/mol. The zero-order chi connectivity index (χ0) is 12.4. The molecule has 3 heteroatoms. The lowest BCUT2D eigenvalue weighted by molar-refractivity contribution is 0.377. The van der Waals surface area contributed by atoms with Gasteiger partial charge >= 0.3 is 0 Å². The molecule has 1 aliphatic heterocycles. The second-order valence-corrected chi connectivity index (χ2v) is 5.15. The number of hydrogen-bond acceptors (Lipinski definition) is 2. The van der Waals surface area contributed by atoms with Crippen LogP contribution in [0.3, 0.4) is 0 Å². The Labute approximate surface area is 103 Å². The number of hydrogen-bond donors (Lipinski definition) is 1. The standard InChI is InChI=1S/C14H21FN2/c1-10-5-6-17(11(2)7-10)14-4-3-13(15)8-12(14)9-16/h3-4,8,10-11H,5-7,9,16H2,1-2H3. The van der Waals surface area contributed by atoms with E-state index in [-0.39, 0.29) is 5.82 Å². The average molecular weight is 236 g/mol. The largest absolute Gasteiger partial charge is 0.369 e. The van der Waals surface area contributed by atoms with E-state index in [1.165, 1.54) is 18.9 Å². The normalized spacial score (nSPS) is 25.1. The fourth-order valence-electron chi connectivity index (χ4n) is 2.76. The lowest BCUT2D eigenvalue weighted by atomic mass is 9.92. The lowest BCUT2D eigenvalue weighted by Gasteiger charge is -2.39. The van der Waals surface area contributed by atoms with Crippen LogP contribution in [-0.4, -0.2) is 12.6 Å². The molecule has 0 amide bonds. The topological polar surface area (TPSA) is 29.3 Å². The van der Waals surface area contributed by atoms with Crippen molar-refractivity contribution in [2.24, 2.45) is 11.7 Å². The van der Waals surface area contributed by atoms with Gasteiger partial charge in [0.1, 0.15) is 5.82 Å². The minimum atomic E-state index is -0.202. The highest BCUT2D eigenvalue weighted by Gasteiger charge is 2.24. The molecule has 0 saturated carbocycles. The number of halogens is 1. The molecule has 0 radical (unpaired) electrons. The van der Waals surface area contributed by atoms with Crippen molar-refractivity contribution >= 4 is 5.69 Å². The maximum Gasteiger partial charge on any atom is 0.123 e. The van der Waals surface area contributed by atoms with E-state index in [4.69, 9.17) is 5.73 Å². The van der Waals surface area contributed by atoms with Crippen LogP contribution in [0.4, 0.5) is 10.1 Å². The maximum atomic E-state index is 13.2. The molecule has 17 heavy (non-hydrogen) atoms. The van der Waals surface area contributed by atoms with Gasteiger partial charge in [0.05, 0.1) is 0 Å².